The van der Waals surface area contributed by atoms with Gasteiger partial charge in [-0.05, 0) is 18.6 Å². The van der Waals surface area contributed by atoms with Crippen LogP contribution in [-0.4, -0.2) is 14.5 Å². The first-order valence-electron chi connectivity index (χ1n) is 3.95. The molecule has 0 aliphatic heterocycles. The molecule has 0 bridgehead atoms. The number of hydrogen-bond acceptors (Lipinski definition) is 2. The van der Waals surface area contributed by atoms with E-state index in [2.05, 4.69) is 9.97 Å². The number of nitrogens with zero attached hydrogens (tertiary/aromatic N) is 2. The third-order valence-electron chi connectivity index (χ3n) is 1.79. The third-order valence-corrected chi connectivity index (χ3v) is 1.79. The van der Waals surface area contributed by atoms with Crippen LogP contribution in [0.25, 0.3) is 5.69 Å². The van der Waals surface area contributed by atoms with Gasteiger partial charge < -0.3 is 4.98 Å². The maximum absolute atomic E-state index is 11.2. The Bertz CT molecular complexity index is 469. The molecular formula is C9H9N3O. The van der Waals surface area contributed by atoms with Crippen LogP contribution in [0.5, 0.6) is 0 Å². The summed E-state index contributed by atoms with van der Waals surface area (Å²) in [6.45, 7) is 1.94. The largest absolute Gasteiger partial charge is 0.330 e. The van der Waals surface area contributed by atoms with E-state index in [0.29, 0.717) is 0 Å². The Labute approximate surface area is 74.9 Å². The van der Waals surface area contributed by atoms with Crippen molar-refractivity contribution < 1.29 is 0 Å². The summed E-state index contributed by atoms with van der Waals surface area (Å²) in [6, 6.07) is 1.90. The highest BCUT2D eigenvalue weighted by Gasteiger charge is 1.99. The molecule has 0 atom stereocenters. The molecule has 0 unspecified atom stereocenters. The van der Waals surface area contributed by atoms with Crippen LogP contribution in [0, 0.1) is 6.92 Å². The van der Waals surface area contributed by atoms with Gasteiger partial charge in [0.2, 0.25) is 0 Å². The van der Waals surface area contributed by atoms with Gasteiger partial charge in [-0.2, -0.15) is 0 Å². The molecule has 0 saturated heterocycles. The normalized spacial score (nSPS) is 10.2. The average molecular weight is 175 g/mol. The Morgan fingerprint density at radius 1 is 1.46 bits per heavy atom. The summed E-state index contributed by atoms with van der Waals surface area (Å²) in [5, 5.41) is 0. The molecule has 4 nitrogen and oxygen atoms in total. The standard InChI is InChI=1S/C9H9N3O/c1-7-4-8(6-10-5-7)12-3-2-11-9(12)13/h2-6H,1H3,(H,11,13). The Hall–Kier alpha value is -1.84. The topological polar surface area (TPSA) is 50.7 Å². The molecular weight excluding hydrogens is 166 g/mol. The first kappa shape index (κ1) is 7.79. The lowest BCUT2D eigenvalue weighted by Gasteiger charge is -1.99. The van der Waals surface area contributed by atoms with Crippen molar-refractivity contribution in [1.82, 2.24) is 14.5 Å². The number of hydrogen-bond donors (Lipinski definition) is 1. The van der Waals surface area contributed by atoms with Crippen molar-refractivity contribution in [2.45, 2.75) is 6.92 Å². The fourth-order valence-electron chi connectivity index (χ4n) is 1.19. The van der Waals surface area contributed by atoms with Gasteiger partial charge in [-0.15, -0.1) is 0 Å². The number of pyridine rings is 1. The molecule has 0 radical (unpaired) electrons. The lowest BCUT2D eigenvalue weighted by molar-refractivity contribution is 0.972. The van der Waals surface area contributed by atoms with Crippen molar-refractivity contribution in [3.8, 4) is 5.69 Å². The summed E-state index contributed by atoms with van der Waals surface area (Å²) < 4.78 is 1.51. The second-order valence-electron chi connectivity index (χ2n) is 2.86. The van der Waals surface area contributed by atoms with Crippen LogP contribution in [0.1, 0.15) is 5.56 Å². The van der Waals surface area contributed by atoms with Gasteiger partial charge in [0.05, 0.1) is 11.9 Å². The number of aromatic nitrogens is 3. The summed E-state index contributed by atoms with van der Waals surface area (Å²) in [5.74, 6) is 0. The summed E-state index contributed by atoms with van der Waals surface area (Å²) in [5.41, 5.74) is 1.67. The SMILES string of the molecule is Cc1cncc(-n2cc[nH]c2=O)c1. The van der Waals surface area contributed by atoms with Crippen molar-refractivity contribution in [1.29, 1.82) is 0 Å². The zero-order valence-corrected chi connectivity index (χ0v) is 7.19. The molecule has 2 rings (SSSR count). The van der Waals surface area contributed by atoms with E-state index in [1.165, 1.54) is 4.57 Å². The Morgan fingerprint density at radius 3 is 2.92 bits per heavy atom. The number of rotatable bonds is 1. The summed E-state index contributed by atoms with van der Waals surface area (Å²) >= 11 is 0. The van der Waals surface area contributed by atoms with E-state index in [-0.39, 0.29) is 5.69 Å². The predicted molar refractivity (Wildman–Crippen MR) is 48.9 cm³/mol. The third kappa shape index (κ3) is 1.38. The van der Waals surface area contributed by atoms with E-state index < -0.39 is 0 Å². The first-order valence-corrected chi connectivity index (χ1v) is 3.95. The van der Waals surface area contributed by atoms with E-state index in [1.807, 2.05) is 13.0 Å². The predicted octanol–water partition coefficient (Wildman–Crippen LogP) is 0.869. The highest BCUT2D eigenvalue weighted by molar-refractivity contribution is 5.31. The van der Waals surface area contributed by atoms with Gasteiger partial charge >= 0.3 is 5.69 Å². The Balaban J connectivity index is 2.59. The van der Waals surface area contributed by atoms with Crippen LogP contribution in [0.3, 0.4) is 0 Å². The fraction of sp³-hybridized carbons (Fsp3) is 0.111. The van der Waals surface area contributed by atoms with Crippen LogP contribution in [0.15, 0.2) is 35.6 Å². The van der Waals surface area contributed by atoms with Crippen molar-refractivity contribution in [3.63, 3.8) is 0 Å². The maximum atomic E-state index is 11.2. The van der Waals surface area contributed by atoms with Gasteiger partial charge in [0, 0.05) is 18.6 Å². The molecule has 1 N–H and O–H groups in total. The van der Waals surface area contributed by atoms with E-state index in [0.717, 1.165) is 11.3 Å². The molecule has 2 aromatic heterocycles. The van der Waals surface area contributed by atoms with Gasteiger partial charge in [-0.25, -0.2) is 4.79 Å². The lowest BCUT2D eigenvalue weighted by atomic mass is 10.3. The molecule has 0 spiro atoms. The van der Waals surface area contributed by atoms with Crippen molar-refractivity contribution in [2.24, 2.45) is 0 Å². The second kappa shape index (κ2) is 2.90. The molecule has 0 aliphatic rings. The molecule has 2 heterocycles. The lowest BCUT2D eigenvalue weighted by Crippen LogP contribution is -2.14. The highest BCUT2D eigenvalue weighted by Crippen LogP contribution is 2.04. The van der Waals surface area contributed by atoms with Crippen molar-refractivity contribution in [3.05, 3.63) is 46.9 Å². The average Bonchev–Trinajstić information content (AvgIpc) is 2.51. The van der Waals surface area contributed by atoms with Crippen LogP contribution in [0.4, 0.5) is 0 Å². The van der Waals surface area contributed by atoms with Gasteiger partial charge in [0.25, 0.3) is 0 Å². The van der Waals surface area contributed by atoms with E-state index >= 15 is 0 Å². The molecule has 0 saturated carbocycles. The Morgan fingerprint density at radius 2 is 2.31 bits per heavy atom. The quantitative estimate of drug-likeness (QED) is 0.699. The van der Waals surface area contributed by atoms with Gasteiger partial charge in [0.15, 0.2) is 0 Å². The number of imidazole rings is 1. The molecule has 0 amide bonds. The number of aromatic amines is 1. The summed E-state index contributed by atoms with van der Waals surface area (Å²) in [7, 11) is 0. The molecule has 66 valence electrons. The van der Waals surface area contributed by atoms with Crippen LogP contribution in [-0.2, 0) is 0 Å². The van der Waals surface area contributed by atoms with Crippen LogP contribution in [0.2, 0.25) is 0 Å². The molecule has 2 aromatic rings. The van der Waals surface area contributed by atoms with Gasteiger partial charge in [-0.1, -0.05) is 0 Å². The molecule has 13 heavy (non-hydrogen) atoms. The van der Waals surface area contributed by atoms with Gasteiger partial charge in [0.1, 0.15) is 0 Å². The van der Waals surface area contributed by atoms with Crippen molar-refractivity contribution in [2.75, 3.05) is 0 Å². The minimum absolute atomic E-state index is 0.146. The molecule has 4 heteroatoms. The zero-order chi connectivity index (χ0) is 9.26. The monoisotopic (exact) mass is 175 g/mol. The van der Waals surface area contributed by atoms with Crippen LogP contribution < -0.4 is 5.69 Å². The number of nitrogens with one attached hydrogen (secondary N) is 1. The minimum Gasteiger partial charge on any atom is -0.312 e. The second-order valence-corrected chi connectivity index (χ2v) is 2.86. The summed E-state index contributed by atoms with van der Waals surface area (Å²) in [4.78, 5) is 17.8. The molecule has 0 aromatic carbocycles. The highest BCUT2D eigenvalue weighted by atomic mass is 16.1. The fourth-order valence-corrected chi connectivity index (χ4v) is 1.19. The van der Waals surface area contributed by atoms with Crippen LogP contribution >= 0.6 is 0 Å². The Kier molecular flexibility index (Phi) is 1.73. The number of H-pyrrole nitrogens is 1. The molecule has 0 fully saturated rings. The maximum Gasteiger partial charge on any atom is 0.330 e. The number of aryl methyl sites for hydroxylation is 1. The summed E-state index contributed by atoms with van der Waals surface area (Å²) in [6.07, 6.45) is 6.69. The van der Waals surface area contributed by atoms with E-state index in [9.17, 15) is 4.79 Å². The van der Waals surface area contributed by atoms with Gasteiger partial charge in [-0.3, -0.25) is 9.55 Å². The van der Waals surface area contributed by atoms with E-state index in [1.54, 1.807) is 24.8 Å². The smallest absolute Gasteiger partial charge is 0.312 e. The van der Waals surface area contributed by atoms with E-state index in [4.69, 9.17) is 0 Å². The zero-order valence-electron chi connectivity index (χ0n) is 7.19. The van der Waals surface area contributed by atoms with Crippen molar-refractivity contribution >= 4 is 0 Å². The first-order chi connectivity index (χ1) is 6.27. The molecule has 0 aliphatic carbocycles. The minimum atomic E-state index is -0.146.